The summed E-state index contributed by atoms with van der Waals surface area (Å²) in [5.41, 5.74) is 4.88. The highest BCUT2D eigenvalue weighted by Gasteiger charge is 2.28. The lowest BCUT2D eigenvalue weighted by Crippen LogP contribution is -2.35. The molecule has 10 nitrogen and oxygen atoms in total. The van der Waals surface area contributed by atoms with Gasteiger partial charge in [0.15, 0.2) is 0 Å². The molecule has 0 saturated carbocycles. The minimum atomic E-state index is -1.09. The maximum atomic E-state index is 11.9. The zero-order chi connectivity index (χ0) is 31.5. The number of carbonyl (C=O) groups is 1. The molecule has 2 aromatic carbocycles. The molecule has 0 radical (unpaired) electrons. The number of aliphatic hydroxyl groups excluding tert-OH is 2. The molecule has 0 spiro atoms. The maximum absolute atomic E-state index is 11.9. The van der Waals surface area contributed by atoms with Gasteiger partial charge in [0.1, 0.15) is 5.94 Å². The third-order valence-corrected chi connectivity index (χ3v) is 9.92. The van der Waals surface area contributed by atoms with Gasteiger partial charge in [-0.05, 0) is 55.4 Å². The molecule has 0 bridgehead atoms. The van der Waals surface area contributed by atoms with Crippen LogP contribution in [0.4, 0.5) is 4.79 Å². The standard InChI is InChI=1S/C32H48N2O8S2/c1-32(2,44-43-24-40-17-8-7-16-35)13-18-41-30(36)33-14-19-38-21-22-39-20-15-34-31(37)42-23-29-27-11-5-3-9-25(27)26-10-4-6-12-28(26)29/h3-6,9-12,29,31,34-35,37H,7-8,13-24H2,1-2H3,(H,33,36). The molecule has 0 fully saturated rings. The molecule has 1 unspecified atom stereocenters. The number of carbonyl (C=O) groups excluding carboxylic acids is 1. The van der Waals surface area contributed by atoms with Crippen LogP contribution in [0.2, 0.25) is 0 Å². The van der Waals surface area contributed by atoms with Gasteiger partial charge in [-0.15, -0.1) is 0 Å². The largest absolute Gasteiger partial charge is 0.450 e. The fraction of sp³-hybridized carbons (Fsp3) is 0.594. The number of benzene rings is 2. The summed E-state index contributed by atoms with van der Waals surface area (Å²) in [5, 5.41) is 24.6. The lowest BCUT2D eigenvalue weighted by atomic mass is 9.98. The molecule has 0 saturated heterocycles. The Morgan fingerprint density at radius 1 is 0.886 bits per heavy atom. The van der Waals surface area contributed by atoms with E-state index in [1.807, 2.05) is 24.3 Å². The van der Waals surface area contributed by atoms with Gasteiger partial charge in [0.2, 0.25) is 6.41 Å². The highest BCUT2D eigenvalue weighted by Crippen LogP contribution is 2.44. The molecule has 4 N–H and O–H groups in total. The molecule has 1 atom stereocenters. The molecule has 0 aliphatic heterocycles. The normalized spacial score (nSPS) is 13.5. The lowest BCUT2D eigenvalue weighted by Gasteiger charge is -2.22. The first-order valence-corrected chi connectivity index (χ1v) is 17.5. The number of alkyl carbamates (subject to hydrolysis) is 1. The lowest BCUT2D eigenvalue weighted by molar-refractivity contribution is -0.123. The van der Waals surface area contributed by atoms with Gasteiger partial charge in [-0.2, -0.15) is 0 Å². The van der Waals surface area contributed by atoms with Crippen molar-refractivity contribution in [1.29, 1.82) is 0 Å². The Balaban J connectivity index is 1.12. The molecular weight excluding hydrogens is 604 g/mol. The zero-order valence-electron chi connectivity index (χ0n) is 25.8. The van der Waals surface area contributed by atoms with E-state index in [4.69, 9.17) is 28.8 Å². The monoisotopic (exact) mass is 652 g/mol. The van der Waals surface area contributed by atoms with Gasteiger partial charge in [-0.25, -0.2) is 4.79 Å². The van der Waals surface area contributed by atoms with Crippen LogP contribution in [0, 0.1) is 0 Å². The molecule has 1 aliphatic rings. The third kappa shape index (κ3) is 13.6. The molecule has 0 aromatic heterocycles. The van der Waals surface area contributed by atoms with E-state index in [0.717, 1.165) is 19.3 Å². The molecule has 2 aromatic rings. The summed E-state index contributed by atoms with van der Waals surface area (Å²) in [5.74, 6) is 0.678. The van der Waals surface area contributed by atoms with E-state index in [1.165, 1.54) is 22.3 Å². The SMILES string of the molecule is CC(C)(CCOC(=O)NCCOCCOCCNC(O)OCC1c2ccccc2-c2ccccc21)SSCOCCCCO. The fourth-order valence-corrected chi connectivity index (χ4v) is 6.84. The maximum Gasteiger partial charge on any atom is 0.407 e. The molecule has 1 aliphatic carbocycles. The number of hydrogen-bond acceptors (Lipinski definition) is 11. The second-order valence-corrected chi connectivity index (χ2v) is 13.8. The Hall–Kier alpha value is -1.87. The second-order valence-electron chi connectivity index (χ2n) is 10.8. The van der Waals surface area contributed by atoms with Gasteiger partial charge < -0.3 is 39.2 Å². The van der Waals surface area contributed by atoms with Crippen LogP contribution in [-0.4, -0.2) is 99.4 Å². The summed E-state index contributed by atoms with van der Waals surface area (Å²) in [6, 6.07) is 16.6. The summed E-state index contributed by atoms with van der Waals surface area (Å²) in [6.45, 7) is 8.09. The Morgan fingerprint density at radius 3 is 2.23 bits per heavy atom. The second kappa shape index (κ2) is 21.0. The Labute approximate surface area is 269 Å². The van der Waals surface area contributed by atoms with Gasteiger partial charge in [0.25, 0.3) is 0 Å². The molecule has 0 heterocycles. The topological polar surface area (TPSA) is 128 Å². The van der Waals surface area contributed by atoms with E-state index in [0.29, 0.717) is 65.3 Å². The van der Waals surface area contributed by atoms with Crippen LogP contribution in [0.25, 0.3) is 11.1 Å². The number of rotatable bonds is 24. The Bertz CT molecular complexity index is 1050. The van der Waals surface area contributed by atoms with Gasteiger partial charge in [-0.3, -0.25) is 5.32 Å². The average Bonchev–Trinajstić information content (AvgIpc) is 3.34. The minimum Gasteiger partial charge on any atom is -0.450 e. The number of nitrogens with one attached hydrogen (secondary N) is 2. The smallest absolute Gasteiger partial charge is 0.407 e. The minimum absolute atomic E-state index is 0.0571. The van der Waals surface area contributed by atoms with Crippen molar-refractivity contribution in [3.05, 3.63) is 59.7 Å². The van der Waals surface area contributed by atoms with E-state index in [1.54, 1.807) is 21.6 Å². The quantitative estimate of drug-likeness (QED) is 0.0714. The van der Waals surface area contributed by atoms with Crippen LogP contribution in [-0.2, 0) is 23.7 Å². The molecular formula is C32H48N2O8S2. The number of aliphatic hydroxyl groups is 2. The van der Waals surface area contributed by atoms with Gasteiger partial charge >= 0.3 is 6.09 Å². The van der Waals surface area contributed by atoms with Gasteiger partial charge in [0, 0.05) is 37.0 Å². The van der Waals surface area contributed by atoms with Crippen LogP contribution in [0.3, 0.4) is 0 Å². The van der Waals surface area contributed by atoms with Crippen molar-refractivity contribution >= 4 is 27.7 Å². The van der Waals surface area contributed by atoms with Crippen molar-refractivity contribution < 1.29 is 38.7 Å². The van der Waals surface area contributed by atoms with Gasteiger partial charge in [-0.1, -0.05) is 70.1 Å². The average molecular weight is 653 g/mol. The fourth-order valence-electron chi connectivity index (χ4n) is 4.56. The van der Waals surface area contributed by atoms with Crippen LogP contribution in [0.1, 0.15) is 50.2 Å². The van der Waals surface area contributed by atoms with Crippen molar-refractivity contribution in [2.24, 2.45) is 0 Å². The van der Waals surface area contributed by atoms with Crippen molar-refractivity contribution in [2.45, 2.75) is 50.2 Å². The predicted octanol–water partition coefficient (Wildman–Crippen LogP) is 4.74. The molecule has 3 rings (SSSR count). The van der Waals surface area contributed by atoms with E-state index in [2.05, 4.69) is 48.7 Å². The number of hydrogen-bond donors (Lipinski definition) is 4. The molecule has 12 heteroatoms. The zero-order valence-corrected chi connectivity index (χ0v) is 27.5. The van der Waals surface area contributed by atoms with Crippen LogP contribution in [0.15, 0.2) is 48.5 Å². The van der Waals surface area contributed by atoms with Crippen LogP contribution in [0.5, 0.6) is 0 Å². The third-order valence-electron chi connectivity index (χ3n) is 6.89. The number of ether oxygens (including phenoxy) is 5. The summed E-state index contributed by atoms with van der Waals surface area (Å²) in [6.07, 6.45) is 0.799. The first-order valence-electron chi connectivity index (χ1n) is 15.2. The predicted molar refractivity (Wildman–Crippen MR) is 176 cm³/mol. The van der Waals surface area contributed by atoms with E-state index in [-0.39, 0.29) is 17.3 Å². The van der Waals surface area contributed by atoms with Gasteiger partial charge in [0.05, 0.1) is 39.6 Å². The highest BCUT2D eigenvalue weighted by molar-refractivity contribution is 8.77. The van der Waals surface area contributed by atoms with E-state index >= 15 is 0 Å². The summed E-state index contributed by atoms with van der Waals surface area (Å²) in [4.78, 5) is 11.9. The first kappa shape index (κ1) is 36.6. The summed E-state index contributed by atoms with van der Waals surface area (Å²) in [7, 11) is 3.35. The molecule has 44 heavy (non-hydrogen) atoms. The molecule has 246 valence electrons. The van der Waals surface area contributed by atoms with Crippen LogP contribution >= 0.6 is 21.6 Å². The first-order chi connectivity index (χ1) is 21.4. The Morgan fingerprint density at radius 2 is 1.55 bits per heavy atom. The van der Waals surface area contributed by atoms with E-state index in [9.17, 15) is 9.90 Å². The number of amides is 1. The number of unbranched alkanes of at least 4 members (excludes halogenated alkanes) is 1. The highest BCUT2D eigenvalue weighted by atomic mass is 33.1. The summed E-state index contributed by atoms with van der Waals surface area (Å²) >= 11 is 0. The van der Waals surface area contributed by atoms with Crippen molar-refractivity contribution in [2.75, 3.05) is 71.9 Å². The van der Waals surface area contributed by atoms with Crippen molar-refractivity contribution in [1.82, 2.24) is 10.6 Å². The Kier molecular flexibility index (Phi) is 17.5. The summed E-state index contributed by atoms with van der Waals surface area (Å²) < 4.78 is 27.5. The van der Waals surface area contributed by atoms with Crippen LogP contribution < -0.4 is 10.6 Å². The van der Waals surface area contributed by atoms with Crippen molar-refractivity contribution in [3.8, 4) is 11.1 Å². The molecule has 1 amide bonds. The number of fused-ring (bicyclic) bond motifs is 3. The van der Waals surface area contributed by atoms with Crippen molar-refractivity contribution in [3.63, 3.8) is 0 Å². The van der Waals surface area contributed by atoms with E-state index < -0.39 is 12.5 Å².